The van der Waals surface area contributed by atoms with E-state index in [1.807, 2.05) is 0 Å². The second-order valence-electron chi connectivity index (χ2n) is 3.27. The van der Waals surface area contributed by atoms with E-state index in [4.69, 9.17) is 26.4 Å². The van der Waals surface area contributed by atoms with E-state index in [-0.39, 0.29) is 19.0 Å². The van der Waals surface area contributed by atoms with Crippen molar-refractivity contribution in [2.24, 2.45) is 10.5 Å². The first kappa shape index (κ1) is 15.2. The van der Waals surface area contributed by atoms with Crippen molar-refractivity contribution in [1.82, 2.24) is 0 Å². The molecule has 2 N–H and O–H groups in total. The topological polar surface area (TPSA) is 73.9 Å². The van der Waals surface area contributed by atoms with Crippen LogP contribution in [0.15, 0.2) is 29.0 Å². The van der Waals surface area contributed by atoms with E-state index in [0.717, 1.165) is 0 Å². The third-order valence-electron chi connectivity index (χ3n) is 1.96. The van der Waals surface area contributed by atoms with Crippen LogP contribution in [0, 0.1) is 0 Å². The first-order valence-electron chi connectivity index (χ1n) is 5.52. The Morgan fingerprint density at radius 1 is 1.33 bits per heavy atom. The molecule has 0 saturated carbocycles. The van der Waals surface area contributed by atoms with Crippen LogP contribution in [0.4, 0.5) is 0 Å². The van der Waals surface area contributed by atoms with Crippen molar-refractivity contribution in [2.45, 2.75) is 13.8 Å². The van der Waals surface area contributed by atoms with Gasteiger partial charge >= 0.3 is 7.75 Å². The average molecular weight is 291 g/mol. The zero-order valence-corrected chi connectivity index (χ0v) is 11.9. The summed E-state index contributed by atoms with van der Waals surface area (Å²) in [5.41, 5.74) is 6.27. The lowest BCUT2D eigenvalue weighted by Crippen LogP contribution is -2.14. The molecule has 5 nitrogen and oxygen atoms in total. The lowest BCUT2D eigenvalue weighted by molar-refractivity contribution is 0.221. The first-order chi connectivity index (χ1) is 8.52. The van der Waals surface area contributed by atoms with Crippen LogP contribution in [0.3, 0.4) is 0 Å². The molecule has 18 heavy (non-hydrogen) atoms. The van der Waals surface area contributed by atoms with Crippen molar-refractivity contribution >= 4 is 25.2 Å². The Labute approximate surface area is 112 Å². The fraction of sp³-hybridized carbons (Fsp3) is 0.364. The number of rotatable bonds is 6. The Hall–Kier alpha value is -0.870. The molecule has 0 bridgehead atoms. The Balaban J connectivity index is 3.06. The fourth-order valence-corrected chi connectivity index (χ4v) is 2.72. The van der Waals surface area contributed by atoms with Gasteiger partial charge in [0.2, 0.25) is 0 Å². The van der Waals surface area contributed by atoms with Crippen LogP contribution in [0.5, 0.6) is 0 Å². The van der Waals surface area contributed by atoms with E-state index in [2.05, 4.69) is 4.76 Å². The van der Waals surface area contributed by atoms with E-state index >= 15 is 0 Å². The SMILES string of the molecule is CCOP(=O)(/N=C(\N)c1ccccc1Cl)OCC. The quantitative estimate of drug-likeness (QED) is 0.496. The second-order valence-corrected chi connectivity index (χ2v) is 5.33. The molecule has 0 saturated heterocycles. The molecule has 0 aromatic heterocycles. The highest BCUT2D eigenvalue weighted by atomic mass is 35.5. The summed E-state index contributed by atoms with van der Waals surface area (Å²) in [5, 5.41) is 0.429. The lowest BCUT2D eigenvalue weighted by Gasteiger charge is -2.13. The molecule has 0 aliphatic carbocycles. The molecule has 7 heteroatoms. The molecule has 0 fully saturated rings. The molecule has 1 rings (SSSR count). The Bertz CT molecular complexity index is 469. The summed E-state index contributed by atoms with van der Waals surface area (Å²) in [5.74, 6) is 0.0332. The molecule has 0 spiro atoms. The zero-order chi connectivity index (χ0) is 13.6. The Morgan fingerprint density at radius 3 is 2.39 bits per heavy atom. The molecule has 100 valence electrons. The number of nitrogens with zero attached hydrogens (tertiary/aromatic N) is 1. The molecule has 0 heterocycles. The van der Waals surface area contributed by atoms with Crippen LogP contribution >= 0.6 is 19.3 Å². The van der Waals surface area contributed by atoms with Gasteiger partial charge in [-0.1, -0.05) is 23.7 Å². The molecule has 1 aromatic carbocycles. The normalized spacial score (nSPS) is 12.7. The van der Waals surface area contributed by atoms with Crippen molar-refractivity contribution in [3.8, 4) is 0 Å². The predicted octanol–water partition coefficient (Wildman–Crippen LogP) is 3.23. The van der Waals surface area contributed by atoms with Crippen LogP contribution in [-0.2, 0) is 13.6 Å². The van der Waals surface area contributed by atoms with Crippen molar-refractivity contribution in [2.75, 3.05) is 13.2 Å². The minimum Gasteiger partial charge on any atom is -0.383 e. The van der Waals surface area contributed by atoms with Crippen molar-refractivity contribution in [3.63, 3.8) is 0 Å². The molecular formula is C11H16ClN2O3P. The van der Waals surface area contributed by atoms with Crippen molar-refractivity contribution < 1.29 is 13.6 Å². The highest BCUT2D eigenvalue weighted by Gasteiger charge is 2.23. The summed E-state index contributed by atoms with van der Waals surface area (Å²) < 4.78 is 26.0. The molecule has 0 amide bonds. The zero-order valence-electron chi connectivity index (χ0n) is 10.3. The van der Waals surface area contributed by atoms with E-state index in [0.29, 0.717) is 10.6 Å². The van der Waals surface area contributed by atoms with Gasteiger partial charge in [0.15, 0.2) is 0 Å². The average Bonchev–Trinajstić information content (AvgIpc) is 2.29. The largest absolute Gasteiger partial charge is 0.455 e. The number of amidine groups is 1. The molecule has 0 radical (unpaired) electrons. The lowest BCUT2D eigenvalue weighted by atomic mass is 10.2. The van der Waals surface area contributed by atoms with Gasteiger partial charge in [-0.3, -0.25) is 9.05 Å². The van der Waals surface area contributed by atoms with Gasteiger partial charge in [-0.05, 0) is 26.0 Å². The van der Waals surface area contributed by atoms with Crippen LogP contribution < -0.4 is 5.73 Å². The van der Waals surface area contributed by atoms with Gasteiger partial charge in [0.25, 0.3) is 0 Å². The summed E-state index contributed by atoms with van der Waals surface area (Å²) in [7, 11) is -3.56. The van der Waals surface area contributed by atoms with E-state index in [1.165, 1.54) is 0 Å². The highest BCUT2D eigenvalue weighted by Crippen LogP contribution is 2.49. The summed E-state index contributed by atoms with van der Waals surface area (Å²) in [6.07, 6.45) is 0. The van der Waals surface area contributed by atoms with Gasteiger partial charge in [0.05, 0.1) is 18.2 Å². The molecular weight excluding hydrogens is 275 g/mol. The molecule has 1 aromatic rings. The van der Waals surface area contributed by atoms with E-state index in [1.54, 1.807) is 38.1 Å². The molecule has 0 aliphatic rings. The monoisotopic (exact) mass is 290 g/mol. The van der Waals surface area contributed by atoms with Gasteiger partial charge in [-0.25, -0.2) is 4.57 Å². The van der Waals surface area contributed by atoms with Gasteiger partial charge in [0, 0.05) is 5.56 Å². The first-order valence-corrected chi connectivity index (χ1v) is 7.39. The van der Waals surface area contributed by atoms with Crippen molar-refractivity contribution in [1.29, 1.82) is 0 Å². The maximum atomic E-state index is 12.2. The molecule has 0 unspecified atom stereocenters. The second kappa shape index (κ2) is 6.90. The number of hydrogen-bond donors (Lipinski definition) is 1. The van der Waals surface area contributed by atoms with Crippen LogP contribution in [0.25, 0.3) is 0 Å². The summed E-state index contributed by atoms with van der Waals surface area (Å²) in [6, 6.07) is 6.88. The number of benzene rings is 1. The standard InChI is InChI=1S/C11H16ClN2O3P/c1-3-16-18(15,17-4-2)14-11(13)9-7-5-6-8-10(9)12/h5-8H,3-4H2,1-2H3,(H2,13,14,15). The van der Waals surface area contributed by atoms with E-state index in [9.17, 15) is 4.57 Å². The highest BCUT2D eigenvalue weighted by molar-refractivity contribution is 7.52. The Morgan fingerprint density at radius 2 is 1.89 bits per heavy atom. The van der Waals surface area contributed by atoms with Crippen molar-refractivity contribution in [3.05, 3.63) is 34.9 Å². The number of nitrogens with two attached hydrogens (primary N) is 1. The molecule has 0 atom stereocenters. The predicted molar refractivity (Wildman–Crippen MR) is 73.0 cm³/mol. The van der Waals surface area contributed by atoms with Gasteiger partial charge in [-0.2, -0.15) is 4.76 Å². The number of halogens is 1. The third-order valence-corrected chi connectivity index (χ3v) is 3.92. The number of hydrogen-bond acceptors (Lipinski definition) is 3. The van der Waals surface area contributed by atoms with Gasteiger partial charge < -0.3 is 5.73 Å². The van der Waals surface area contributed by atoms with Gasteiger partial charge in [-0.15, -0.1) is 0 Å². The van der Waals surface area contributed by atoms with E-state index < -0.39 is 7.75 Å². The summed E-state index contributed by atoms with van der Waals surface area (Å²) >= 11 is 5.97. The Kier molecular flexibility index (Phi) is 5.82. The summed E-state index contributed by atoms with van der Waals surface area (Å²) in [6.45, 7) is 3.84. The minimum atomic E-state index is -3.56. The molecule has 0 aliphatic heterocycles. The minimum absolute atomic E-state index is 0.0332. The summed E-state index contributed by atoms with van der Waals surface area (Å²) in [4.78, 5) is 0. The van der Waals surface area contributed by atoms with Crippen LogP contribution in [0.1, 0.15) is 19.4 Å². The van der Waals surface area contributed by atoms with Gasteiger partial charge in [0.1, 0.15) is 5.84 Å². The van der Waals surface area contributed by atoms with Crippen LogP contribution in [0.2, 0.25) is 5.02 Å². The smallest absolute Gasteiger partial charge is 0.383 e. The maximum absolute atomic E-state index is 12.2. The van der Waals surface area contributed by atoms with Crippen LogP contribution in [-0.4, -0.2) is 19.0 Å². The third kappa shape index (κ3) is 4.10. The fourth-order valence-electron chi connectivity index (χ4n) is 1.28. The maximum Gasteiger partial charge on any atom is 0.455 e.